The summed E-state index contributed by atoms with van der Waals surface area (Å²) in [5.41, 5.74) is 0.721. The van der Waals surface area contributed by atoms with Crippen molar-refractivity contribution in [1.82, 2.24) is 9.80 Å². The van der Waals surface area contributed by atoms with Crippen LogP contribution in [0.5, 0.6) is 0 Å². The predicted octanol–water partition coefficient (Wildman–Crippen LogP) is 1.95. The molecule has 0 saturated carbocycles. The fraction of sp³-hybridized carbons (Fsp3) is 0.571. The molecule has 0 fully saturated rings. The molecule has 0 aromatic carbocycles. The van der Waals surface area contributed by atoms with Crippen molar-refractivity contribution in [1.29, 1.82) is 0 Å². The number of hydrogen-bond acceptors (Lipinski definition) is 5. The van der Waals surface area contributed by atoms with E-state index >= 15 is 0 Å². The molecule has 0 radical (unpaired) electrons. The lowest BCUT2D eigenvalue weighted by atomic mass is 10.1. The molecule has 2 aliphatic rings. The molecule has 6 heteroatoms. The molecule has 0 aliphatic carbocycles. The Labute approximate surface area is 119 Å². The van der Waals surface area contributed by atoms with Crippen molar-refractivity contribution < 1.29 is 14.3 Å². The summed E-state index contributed by atoms with van der Waals surface area (Å²) in [7, 11) is 5.18. The van der Waals surface area contributed by atoms with E-state index in [4.69, 9.17) is 9.47 Å². The van der Waals surface area contributed by atoms with Gasteiger partial charge >= 0.3 is 6.09 Å². The van der Waals surface area contributed by atoms with Crippen molar-refractivity contribution >= 4 is 12.0 Å². The Morgan fingerprint density at radius 1 is 1.45 bits per heavy atom. The van der Waals surface area contributed by atoms with Crippen molar-refractivity contribution in [3.05, 3.63) is 23.7 Å². The van der Waals surface area contributed by atoms with E-state index in [2.05, 4.69) is 4.99 Å². The lowest BCUT2D eigenvalue weighted by molar-refractivity contribution is 0.143. The van der Waals surface area contributed by atoms with Crippen LogP contribution in [0.25, 0.3) is 0 Å². The molecule has 0 atom stereocenters. The number of allylic oxidation sites excluding steroid dienone is 1. The lowest BCUT2D eigenvalue weighted by Crippen LogP contribution is -2.25. The van der Waals surface area contributed by atoms with Crippen molar-refractivity contribution in [2.75, 3.05) is 27.7 Å². The molecule has 0 spiro atoms. The zero-order valence-corrected chi connectivity index (χ0v) is 12.6. The summed E-state index contributed by atoms with van der Waals surface area (Å²) < 4.78 is 11.0. The Bertz CT molecular complexity index is 504. The van der Waals surface area contributed by atoms with Gasteiger partial charge in [-0.25, -0.2) is 9.79 Å². The van der Waals surface area contributed by atoms with Crippen LogP contribution < -0.4 is 0 Å². The van der Waals surface area contributed by atoms with Gasteiger partial charge in [-0.05, 0) is 13.8 Å². The highest BCUT2D eigenvalue weighted by Gasteiger charge is 2.30. The molecule has 0 aromatic heterocycles. The van der Waals surface area contributed by atoms with Gasteiger partial charge in [-0.1, -0.05) is 0 Å². The normalized spacial score (nSPS) is 20.6. The highest BCUT2D eigenvalue weighted by atomic mass is 16.6. The number of amides is 1. The van der Waals surface area contributed by atoms with E-state index in [1.165, 1.54) is 4.90 Å². The van der Waals surface area contributed by atoms with Crippen LogP contribution in [0.4, 0.5) is 4.79 Å². The van der Waals surface area contributed by atoms with Gasteiger partial charge in [-0.15, -0.1) is 0 Å². The number of hydrogen-bond donors (Lipinski definition) is 0. The summed E-state index contributed by atoms with van der Waals surface area (Å²) in [4.78, 5) is 19.4. The van der Waals surface area contributed by atoms with Gasteiger partial charge in [0.2, 0.25) is 5.90 Å². The molecule has 0 unspecified atom stereocenters. The molecule has 0 aromatic rings. The van der Waals surface area contributed by atoms with Gasteiger partial charge in [0, 0.05) is 45.5 Å². The molecule has 0 bridgehead atoms. The number of rotatable bonds is 2. The fourth-order valence-corrected chi connectivity index (χ4v) is 1.93. The average Bonchev–Trinajstić information content (AvgIpc) is 2.68. The van der Waals surface area contributed by atoms with Crippen LogP contribution in [0.3, 0.4) is 0 Å². The first-order valence-electron chi connectivity index (χ1n) is 6.52. The maximum absolute atomic E-state index is 11.6. The summed E-state index contributed by atoms with van der Waals surface area (Å²) in [5, 5.41) is 0. The van der Waals surface area contributed by atoms with Crippen LogP contribution in [0.1, 0.15) is 20.3 Å². The topological polar surface area (TPSA) is 54.4 Å². The summed E-state index contributed by atoms with van der Waals surface area (Å²) in [6.07, 6.45) is 3.83. The van der Waals surface area contributed by atoms with Crippen LogP contribution >= 0.6 is 0 Å². The zero-order chi connectivity index (χ0) is 14.9. The van der Waals surface area contributed by atoms with Crippen molar-refractivity contribution in [3.8, 4) is 0 Å². The van der Waals surface area contributed by atoms with Crippen LogP contribution in [-0.4, -0.2) is 55.1 Å². The standard InChI is InChI=1S/C14H21N3O3/c1-14(2)9-19-12(15-14)10-6-11(8-17(5)7-10)20-13(18)16(3)4/h7-8H,6,9H2,1-5H3. The minimum absolute atomic E-state index is 0.198. The van der Waals surface area contributed by atoms with E-state index in [-0.39, 0.29) is 11.6 Å². The van der Waals surface area contributed by atoms with E-state index < -0.39 is 0 Å². The highest BCUT2D eigenvalue weighted by Crippen LogP contribution is 2.27. The van der Waals surface area contributed by atoms with Gasteiger partial charge in [-0.3, -0.25) is 0 Å². The van der Waals surface area contributed by atoms with Gasteiger partial charge in [0.05, 0.1) is 5.54 Å². The van der Waals surface area contributed by atoms with Crippen molar-refractivity contribution in [2.45, 2.75) is 25.8 Å². The van der Waals surface area contributed by atoms with Gasteiger partial charge in [0.1, 0.15) is 12.4 Å². The average molecular weight is 279 g/mol. The Kier molecular flexibility index (Phi) is 3.74. The molecule has 6 nitrogen and oxygen atoms in total. The SMILES string of the molecule is CN1C=C(OC(=O)N(C)C)CC(C2=NC(C)(C)CO2)=C1. The van der Waals surface area contributed by atoms with Gasteiger partial charge in [-0.2, -0.15) is 0 Å². The number of nitrogens with zero attached hydrogens (tertiary/aromatic N) is 3. The van der Waals surface area contributed by atoms with Crippen LogP contribution in [0.2, 0.25) is 0 Å². The van der Waals surface area contributed by atoms with E-state index in [0.29, 0.717) is 24.7 Å². The highest BCUT2D eigenvalue weighted by molar-refractivity contribution is 5.95. The molecule has 0 saturated heterocycles. The largest absolute Gasteiger partial charge is 0.475 e. The third-order valence-electron chi connectivity index (χ3n) is 2.90. The molecule has 20 heavy (non-hydrogen) atoms. The first-order chi connectivity index (χ1) is 9.27. The van der Waals surface area contributed by atoms with Crippen molar-refractivity contribution in [2.24, 2.45) is 4.99 Å². The van der Waals surface area contributed by atoms with E-state index in [9.17, 15) is 4.79 Å². The van der Waals surface area contributed by atoms with E-state index in [1.807, 2.05) is 32.0 Å². The Hall–Kier alpha value is -1.98. The summed E-state index contributed by atoms with van der Waals surface area (Å²) >= 11 is 0. The molecule has 1 amide bonds. The molecule has 110 valence electrons. The second-order valence-corrected chi connectivity index (χ2v) is 5.87. The fourth-order valence-electron chi connectivity index (χ4n) is 1.93. The lowest BCUT2D eigenvalue weighted by Gasteiger charge is -2.22. The summed E-state index contributed by atoms with van der Waals surface area (Å²) in [6, 6.07) is 0. The molecule has 2 aliphatic heterocycles. The van der Waals surface area contributed by atoms with Crippen LogP contribution in [0.15, 0.2) is 28.7 Å². The zero-order valence-electron chi connectivity index (χ0n) is 12.6. The predicted molar refractivity (Wildman–Crippen MR) is 76.2 cm³/mol. The number of carbonyl (C=O) groups is 1. The second-order valence-electron chi connectivity index (χ2n) is 5.87. The van der Waals surface area contributed by atoms with Crippen LogP contribution in [0, 0.1) is 0 Å². The van der Waals surface area contributed by atoms with E-state index in [0.717, 1.165) is 5.57 Å². The first kappa shape index (κ1) is 14.4. The minimum Gasteiger partial charge on any atom is -0.475 e. The van der Waals surface area contributed by atoms with E-state index in [1.54, 1.807) is 20.3 Å². The molecule has 0 N–H and O–H groups in total. The first-order valence-corrected chi connectivity index (χ1v) is 6.52. The second kappa shape index (κ2) is 5.19. The third-order valence-corrected chi connectivity index (χ3v) is 2.90. The van der Waals surface area contributed by atoms with Gasteiger partial charge < -0.3 is 19.3 Å². The summed E-state index contributed by atoms with van der Waals surface area (Å²) in [5.74, 6) is 1.22. The number of carbonyl (C=O) groups excluding carboxylic acids is 1. The molecular formula is C14H21N3O3. The van der Waals surface area contributed by atoms with Crippen LogP contribution in [-0.2, 0) is 9.47 Å². The maximum atomic E-state index is 11.6. The summed E-state index contributed by atoms with van der Waals surface area (Å²) in [6.45, 7) is 4.62. The third kappa shape index (κ3) is 3.31. The minimum atomic E-state index is -0.388. The monoisotopic (exact) mass is 279 g/mol. The Balaban J connectivity index is 2.10. The molecular weight excluding hydrogens is 258 g/mol. The quantitative estimate of drug-likeness (QED) is 0.775. The Morgan fingerprint density at radius 3 is 2.70 bits per heavy atom. The van der Waals surface area contributed by atoms with Gasteiger partial charge in [0.25, 0.3) is 0 Å². The number of aliphatic imine (C=N–C) groups is 1. The molecule has 2 rings (SSSR count). The Morgan fingerprint density at radius 2 is 2.15 bits per heavy atom. The maximum Gasteiger partial charge on any atom is 0.414 e. The molecule has 2 heterocycles. The number of ether oxygens (including phenoxy) is 2. The van der Waals surface area contributed by atoms with Crippen molar-refractivity contribution in [3.63, 3.8) is 0 Å². The smallest absolute Gasteiger partial charge is 0.414 e. The van der Waals surface area contributed by atoms with Gasteiger partial charge in [0.15, 0.2) is 0 Å².